The molecule has 1 aromatic carbocycles. The van der Waals surface area contributed by atoms with E-state index in [1.54, 1.807) is 11.9 Å². The second kappa shape index (κ2) is 5.43. The van der Waals surface area contributed by atoms with Crippen molar-refractivity contribution in [1.29, 1.82) is 0 Å². The van der Waals surface area contributed by atoms with Crippen LogP contribution in [0.5, 0.6) is 0 Å². The third kappa shape index (κ3) is 3.04. The van der Waals surface area contributed by atoms with Crippen molar-refractivity contribution in [3.8, 4) is 11.3 Å². The summed E-state index contributed by atoms with van der Waals surface area (Å²) in [5.74, 6) is 0.745. The summed E-state index contributed by atoms with van der Waals surface area (Å²) in [6, 6.07) is 10.2. The summed E-state index contributed by atoms with van der Waals surface area (Å²) in [5.41, 5.74) is 4.37. The average molecular weight is 291 g/mol. The molecule has 19 heavy (non-hydrogen) atoms. The molecule has 1 heterocycles. The van der Waals surface area contributed by atoms with Crippen LogP contribution in [0.4, 0.5) is 5.69 Å². The molecule has 0 saturated heterocycles. The minimum atomic E-state index is 0.724. The minimum absolute atomic E-state index is 0.724. The first-order chi connectivity index (χ1) is 9.26. The highest BCUT2D eigenvalue weighted by atomic mass is 35.5. The highest BCUT2D eigenvalue weighted by Gasteiger charge is 2.23. The molecule has 0 aliphatic heterocycles. The van der Waals surface area contributed by atoms with Gasteiger partial charge in [-0.25, -0.2) is 0 Å². The van der Waals surface area contributed by atoms with Crippen LogP contribution >= 0.6 is 23.5 Å². The van der Waals surface area contributed by atoms with Gasteiger partial charge in [-0.05, 0) is 48.6 Å². The smallest absolute Gasteiger partial charge is 0.0703 e. The summed E-state index contributed by atoms with van der Waals surface area (Å²) in [6.45, 7) is 0. The molecule has 0 spiro atoms. The van der Waals surface area contributed by atoms with Gasteiger partial charge in [-0.1, -0.05) is 29.6 Å². The first kappa shape index (κ1) is 12.8. The van der Waals surface area contributed by atoms with E-state index in [1.165, 1.54) is 18.4 Å². The average Bonchev–Trinajstić information content (AvgIpc) is 3.23. The van der Waals surface area contributed by atoms with E-state index in [4.69, 9.17) is 11.6 Å². The minimum Gasteiger partial charge on any atom is -0.330 e. The van der Waals surface area contributed by atoms with Crippen LogP contribution in [0.15, 0.2) is 36.5 Å². The zero-order valence-corrected chi connectivity index (χ0v) is 12.3. The van der Waals surface area contributed by atoms with Gasteiger partial charge in [0.2, 0.25) is 0 Å². The molecule has 4 heteroatoms. The first-order valence-corrected chi connectivity index (χ1v) is 7.92. The van der Waals surface area contributed by atoms with Crippen LogP contribution in [0.1, 0.15) is 24.3 Å². The molecular formula is C15H15ClN2S. The van der Waals surface area contributed by atoms with Gasteiger partial charge in [0.15, 0.2) is 0 Å². The van der Waals surface area contributed by atoms with Crippen LogP contribution in [0.25, 0.3) is 11.3 Å². The zero-order chi connectivity index (χ0) is 13.2. The van der Waals surface area contributed by atoms with Crippen molar-refractivity contribution in [3.05, 3.63) is 47.1 Å². The Morgan fingerprint density at radius 2 is 2.11 bits per heavy atom. The van der Waals surface area contributed by atoms with Gasteiger partial charge in [0.1, 0.15) is 0 Å². The number of hydrogen-bond acceptors (Lipinski definition) is 3. The standard InChI is InChI=1S/C15H15ClN2S/c1-19-18-14-7-12(6-13(16)8-14)15-5-4-11(9-17-15)10-2-3-10/h4-10,18H,2-3H2,1H3. The molecule has 2 aromatic rings. The van der Waals surface area contributed by atoms with Gasteiger partial charge >= 0.3 is 0 Å². The van der Waals surface area contributed by atoms with E-state index in [0.717, 1.165) is 27.9 Å². The molecule has 3 rings (SSSR count). The largest absolute Gasteiger partial charge is 0.330 e. The van der Waals surface area contributed by atoms with Crippen molar-refractivity contribution in [2.24, 2.45) is 0 Å². The Morgan fingerprint density at radius 1 is 1.26 bits per heavy atom. The maximum absolute atomic E-state index is 6.15. The third-order valence-electron chi connectivity index (χ3n) is 3.25. The van der Waals surface area contributed by atoms with Crippen LogP contribution in [-0.4, -0.2) is 11.2 Å². The normalized spacial score (nSPS) is 14.4. The molecule has 0 unspecified atom stereocenters. The summed E-state index contributed by atoms with van der Waals surface area (Å²) >= 11 is 7.70. The third-order valence-corrected chi connectivity index (χ3v) is 3.91. The lowest BCUT2D eigenvalue weighted by Crippen LogP contribution is -1.89. The van der Waals surface area contributed by atoms with E-state index in [-0.39, 0.29) is 0 Å². The fourth-order valence-electron chi connectivity index (χ4n) is 2.15. The molecule has 0 radical (unpaired) electrons. The van der Waals surface area contributed by atoms with Crippen molar-refractivity contribution in [2.75, 3.05) is 11.0 Å². The number of aromatic nitrogens is 1. The van der Waals surface area contributed by atoms with Gasteiger partial charge in [0.05, 0.1) is 5.69 Å². The lowest BCUT2D eigenvalue weighted by molar-refractivity contribution is 1.10. The van der Waals surface area contributed by atoms with Crippen LogP contribution in [0, 0.1) is 0 Å². The number of benzene rings is 1. The number of halogens is 1. The molecule has 1 saturated carbocycles. The highest BCUT2D eigenvalue weighted by molar-refractivity contribution is 7.99. The summed E-state index contributed by atoms with van der Waals surface area (Å²) in [6.07, 6.45) is 6.60. The van der Waals surface area contributed by atoms with E-state index < -0.39 is 0 Å². The van der Waals surface area contributed by atoms with Crippen molar-refractivity contribution >= 4 is 29.2 Å². The summed E-state index contributed by atoms with van der Waals surface area (Å²) < 4.78 is 3.20. The summed E-state index contributed by atoms with van der Waals surface area (Å²) in [5, 5.41) is 0.724. The number of rotatable bonds is 4. The predicted molar refractivity (Wildman–Crippen MR) is 83.8 cm³/mol. The molecule has 2 nitrogen and oxygen atoms in total. The number of nitrogens with zero attached hydrogens (tertiary/aromatic N) is 1. The van der Waals surface area contributed by atoms with Crippen molar-refractivity contribution in [1.82, 2.24) is 4.98 Å². The lowest BCUT2D eigenvalue weighted by atomic mass is 10.1. The molecular weight excluding hydrogens is 276 g/mol. The van der Waals surface area contributed by atoms with Crippen molar-refractivity contribution < 1.29 is 0 Å². The Bertz CT molecular complexity index is 579. The molecule has 1 aliphatic rings. The summed E-state index contributed by atoms with van der Waals surface area (Å²) in [4.78, 5) is 4.56. The van der Waals surface area contributed by atoms with Gasteiger partial charge in [-0.3, -0.25) is 4.98 Å². The number of nitrogens with one attached hydrogen (secondary N) is 1. The van der Waals surface area contributed by atoms with Crippen molar-refractivity contribution in [3.63, 3.8) is 0 Å². The molecule has 0 atom stereocenters. The van der Waals surface area contributed by atoms with E-state index >= 15 is 0 Å². The number of pyridine rings is 1. The second-order valence-electron chi connectivity index (χ2n) is 4.79. The first-order valence-electron chi connectivity index (χ1n) is 6.32. The maximum atomic E-state index is 6.15. The Balaban J connectivity index is 1.91. The Labute approximate surface area is 122 Å². The number of anilines is 1. The molecule has 98 valence electrons. The van der Waals surface area contributed by atoms with Gasteiger partial charge in [0.25, 0.3) is 0 Å². The van der Waals surface area contributed by atoms with Gasteiger partial charge in [0, 0.05) is 28.7 Å². The molecule has 1 aliphatic carbocycles. The maximum Gasteiger partial charge on any atom is 0.0703 e. The van der Waals surface area contributed by atoms with Crippen LogP contribution in [0.3, 0.4) is 0 Å². The van der Waals surface area contributed by atoms with Crippen LogP contribution in [-0.2, 0) is 0 Å². The molecule has 0 amide bonds. The SMILES string of the molecule is CSNc1cc(Cl)cc(-c2ccc(C3CC3)cn2)c1. The molecule has 1 N–H and O–H groups in total. The molecule has 1 aromatic heterocycles. The topological polar surface area (TPSA) is 24.9 Å². The van der Waals surface area contributed by atoms with Gasteiger partial charge in [-0.15, -0.1) is 0 Å². The highest BCUT2D eigenvalue weighted by Crippen LogP contribution is 2.40. The van der Waals surface area contributed by atoms with E-state index in [1.807, 2.05) is 24.6 Å². The monoisotopic (exact) mass is 290 g/mol. The van der Waals surface area contributed by atoms with Crippen molar-refractivity contribution in [2.45, 2.75) is 18.8 Å². The second-order valence-corrected chi connectivity index (χ2v) is 5.83. The van der Waals surface area contributed by atoms with E-state index in [9.17, 15) is 0 Å². The Kier molecular flexibility index (Phi) is 3.67. The summed E-state index contributed by atoms with van der Waals surface area (Å²) in [7, 11) is 0. The van der Waals surface area contributed by atoms with Gasteiger partial charge < -0.3 is 4.72 Å². The quantitative estimate of drug-likeness (QED) is 0.805. The van der Waals surface area contributed by atoms with E-state index in [0.29, 0.717) is 0 Å². The van der Waals surface area contributed by atoms with Crippen LogP contribution in [0.2, 0.25) is 5.02 Å². The lowest BCUT2D eigenvalue weighted by Gasteiger charge is -2.07. The fraction of sp³-hybridized carbons (Fsp3) is 0.267. The Hall–Kier alpha value is -1.19. The predicted octanol–water partition coefficient (Wildman–Crippen LogP) is 4.97. The zero-order valence-electron chi connectivity index (χ0n) is 10.7. The molecule has 1 fully saturated rings. The Morgan fingerprint density at radius 3 is 2.74 bits per heavy atom. The van der Waals surface area contributed by atoms with Crippen LogP contribution < -0.4 is 4.72 Å². The fourth-order valence-corrected chi connectivity index (χ4v) is 2.74. The number of hydrogen-bond donors (Lipinski definition) is 1. The van der Waals surface area contributed by atoms with Gasteiger partial charge in [-0.2, -0.15) is 0 Å². The van der Waals surface area contributed by atoms with E-state index in [2.05, 4.69) is 27.9 Å². The molecule has 0 bridgehead atoms.